The van der Waals surface area contributed by atoms with E-state index >= 15 is 0 Å². The van der Waals surface area contributed by atoms with Crippen LogP contribution in [-0.4, -0.2) is 54.6 Å². The summed E-state index contributed by atoms with van der Waals surface area (Å²) in [5.74, 6) is -1.41. The van der Waals surface area contributed by atoms with E-state index in [-0.39, 0.29) is 34.7 Å². The van der Waals surface area contributed by atoms with Crippen molar-refractivity contribution in [3.05, 3.63) is 17.7 Å². The third kappa shape index (κ3) is 4.61. The van der Waals surface area contributed by atoms with Crippen LogP contribution in [0.15, 0.2) is 12.1 Å². The van der Waals surface area contributed by atoms with Crippen LogP contribution in [0.2, 0.25) is 0 Å². The summed E-state index contributed by atoms with van der Waals surface area (Å²) >= 11 is 0. The molecule has 24 heavy (non-hydrogen) atoms. The fourth-order valence-corrected chi connectivity index (χ4v) is 2.17. The van der Waals surface area contributed by atoms with Gasteiger partial charge in [0.2, 0.25) is 5.91 Å². The summed E-state index contributed by atoms with van der Waals surface area (Å²) in [6.07, 6.45) is 0. The van der Waals surface area contributed by atoms with E-state index in [9.17, 15) is 14.4 Å². The van der Waals surface area contributed by atoms with Gasteiger partial charge < -0.3 is 24.8 Å². The van der Waals surface area contributed by atoms with Crippen LogP contribution in [0.25, 0.3) is 0 Å². The van der Waals surface area contributed by atoms with Gasteiger partial charge in [0, 0.05) is 18.5 Å². The average Bonchev–Trinajstić information content (AvgIpc) is 2.50. The van der Waals surface area contributed by atoms with Gasteiger partial charge in [0.25, 0.3) is 5.91 Å². The Kier molecular flexibility index (Phi) is 6.58. The van der Waals surface area contributed by atoms with Gasteiger partial charge in [0.15, 0.2) is 11.5 Å². The van der Waals surface area contributed by atoms with Gasteiger partial charge in [-0.1, -0.05) is 0 Å². The minimum absolute atomic E-state index is 0.186. The van der Waals surface area contributed by atoms with Gasteiger partial charge in [-0.15, -0.1) is 0 Å². The summed E-state index contributed by atoms with van der Waals surface area (Å²) in [7, 11) is 2.82. The van der Waals surface area contributed by atoms with Crippen molar-refractivity contribution in [2.75, 3.05) is 26.1 Å². The molecule has 2 N–H and O–H groups in total. The highest BCUT2D eigenvalue weighted by molar-refractivity contribution is 6.00. The number of carbonyl (C=O) groups is 3. The molecule has 0 heterocycles. The predicted octanol–water partition coefficient (Wildman–Crippen LogP) is 1.60. The minimum atomic E-state index is -1.11. The molecule has 0 aliphatic rings. The predicted molar refractivity (Wildman–Crippen MR) is 87.7 cm³/mol. The number of methoxy groups -OCH3 is 2. The van der Waals surface area contributed by atoms with Crippen molar-refractivity contribution in [3.63, 3.8) is 0 Å². The summed E-state index contributed by atoms with van der Waals surface area (Å²) in [6, 6.07) is 2.57. The molecule has 0 aliphatic heterocycles. The maximum Gasteiger partial charge on any atom is 0.323 e. The normalized spacial score (nSPS) is 10.2. The van der Waals surface area contributed by atoms with Crippen LogP contribution in [-0.2, 0) is 9.59 Å². The molecule has 1 aromatic rings. The molecule has 0 fully saturated rings. The van der Waals surface area contributed by atoms with Crippen LogP contribution in [0.5, 0.6) is 11.5 Å². The van der Waals surface area contributed by atoms with Crippen molar-refractivity contribution in [1.82, 2.24) is 4.90 Å². The van der Waals surface area contributed by atoms with Crippen LogP contribution in [0.1, 0.15) is 31.1 Å². The number of hydrogen-bond acceptors (Lipinski definition) is 5. The Bertz CT molecular complexity index is 642. The van der Waals surface area contributed by atoms with Crippen molar-refractivity contribution in [2.24, 2.45) is 0 Å². The summed E-state index contributed by atoms with van der Waals surface area (Å²) in [6.45, 7) is 4.33. The molecule has 8 heteroatoms. The molecule has 0 atom stereocenters. The molecular formula is C16H22N2O6. The number of carboxylic acid groups (broad SMARTS) is 1. The number of ether oxygens (including phenoxy) is 2. The number of rotatable bonds is 7. The molecule has 1 aromatic carbocycles. The molecule has 0 spiro atoms. The molecule has 0 unspecified atom stereocenters. The number of carbonyl (C=O) groups excluding carboxylic acids is 2. The lowest BCUT2D eigenvalue weighted by atomic mass is 10.1. The first-order valence-electron chi connectivity index (χ1n) is 7.27. The highest BCUT2D eigenvalue weighted by atomic mass is 16.5. The first kappa shape index (κ1) is 19.3. The number of anilines is 1. The zero-order valence-corrected chi connectivity index (χ0v) is 14.4. The summed E-state index contributed by atoms with van der Waals surface area (Å²) in [5, 5.41) is 11.6. The van der Waals surface area contributed by atoms with Crippen molar-refractivity contribution in [1.29, 1.82) is 0 Å². The maximum atomic E-state index is 12.7. The van der Waals surface area contributed by atoms with E-state index in [1.54, 1.807) is 13.8 Å². The van der Waals surface area contributed by atoms with Crippen LogP contribution in [0, 0.1) is 0 Å². The first-order chi connectivity index (χ1) is 11.2. The standard InChI is InChI=1S/C16H22N2O6/c1-9(2)18(8-14(20)21)16(22)11-6-12(17-10(3)19)15(24-5)13(7-11)23-4/h6-7,9H,8H2,1-5H3,(H,17,19)(H,20,21). The van der Waals surface area contributed by atoms with Crippen molar-refractivity contribution >= 4 is 23.5 Å². The fourth-order valence-electron chi connectivity index (χ4n) is 2.17. The number of amides is 2. The van der Waals surface area contributed by atoms with Crippen LogP contribution >= 0.6 is 0 Å². The molecular weight excluding hydrogens is 316 g/mol. The molecule has 0 aliphatic carbocycles. The molecule has 1 rings (SSSR count). The Morgan fingerprint density at radius 3 is 2.25 bits per heavy atom. The van der Waals surface area contributed by atoms with Crippen molar-refractivity contribution in [2.45, 2.75) is 26.8 Å². The SMILES string of the molecule is COc1cc(C(=O)N(CC(=O)O)C(C)C)cc(NC(C)=O)c1OC. The molecule has 8 nitrogen and oxygen atoms in total. The summed E-state index contributed by atoms with van der Waals surface area (Å²) in [4.78, 5) is 36.3. The number of nitrogens with one attached hydrogen (secondary N) is 1. The van der Waals surface area contributed by atoms with Gasteiger partial charge >= 0.3 is 5.97 Å². The highest BCUT2D eigenvalue weighted by Crippen LogP contribution is 2.37. The van der Waals surface area contributed by atoms with Gasteiger partial charge in [-0.05, 0) is 26.0 Å². The first-order valence-corrected chi connectivity index (χ1v) is 7.27. The van der Waals surface area contributed by atoms with Crippen molar-refractivity contribution < 1.29 is 29.0 Å². The molecule has 2 amide bonds. The number of nitrogens with zero attached hydrogens (tertiary/aromatic N) is 1. The van der Waals surface area contributed by atoms with Gasteiger partial charge in [-0.3, -0.25) is 14.4 Å². The molecule has 0 saturated heterocycles. The lowest BCUT2D eigenvalue weighted by Gasteiger charge is -2.25. The van der Waals surface area contributed by atoms with Gasteiger partial charge in [-0.25, -0.2) is 0 Å². The maximum absolute atomic E-state index is 12.7. The topological polar surface area (TPSA) is 105 Å². The Morgan fingerprint density at radius 1 is 1.21 bits per heavy atom. The second kappa shape index (κ2) is 8.19. The molecule has 0 radical (unpaired) electrons. The molecule has 132 valence electrons. The third-order valence-electron chi connectivity index (χ3n) is 3.23. The Balaban J connectivity index is 3.38. The van der Waals surface area contributed by atoms with Gasteiger partial charge in [0.05, 0.1) is 19.9 Å². The number of hydrogen-bond donors (Lipinski definition) is 2. The van der Waals surface area contributed by atoms with E-state index in [4.69, 9.17) is 14.6 Å². The number of aliphatic carboxylic acids is 1. The average molecular weight is 338 g/mol. The van der Waals surface area contributed by atoms with E-state index in [2.05, 4.69) is 5.32 Å². The van der Waals surface area contributed by atoms with E-state index in [1.807, 2.05) is 0 Å². The Morgan fingerprint density at radius 2 is 1.83 bits per heavy atom. The van der Waals surface area contributed by atoms with Crippen molar-refractivity contribution in [3.8, 4) is 11.5 Å². The molecule has 0 aromatic heterocycles. The minimum Gasteiger partial charge on any atom is -0.493 e. The van der Waals surface area contributed by atoms with Gasteiger partial charge in [-0.2, -0.15) is 0 Å². The lowest BCUT2D eigenvalue weighted by molar-refractivity contribution is -0.138. The zero-order chi connectivity index (χ0) is 18.4. The smallest absolute Gasteiger partial charge is 0.323 e. The zero-order valence-electron chi connectivity index (χ0n) is 14.4. The summed E-state index contributed by atoms with van der Waals surface area (Å²) in [5.41, 5.74) is 0.457. The second-order valence-corrected chi connectivity index (χ2v) is 5.36. The monoisotopic (exact) mass is 338 g/mol. The quantitative estimate of drug-likeness (QED) is 0.782. The summed E-state index contributed by atoms with van der Waals surface area (Å²) < 4.78 is 10.4. The highest BCUT2D eigenvalue weighted by Gasteiger charge is 2.24. The van der Waals surface area contributed by atoms with E-state index in [0.717, 1.165) is 0 Å². The van der Waals surface area contributed by atoms with Crippen LogP contribution < -0.4 is 14.8 Å². The lowest BCUT2D eigenvalue weighted by Crippen LogP contribution is -2.40. The van der Waals surface area contributed by atoms with E-state index in [0.29, 0.717) is 0 Å². The molecule has 0 bridgehead atoms. The van der Waals surface area contributed by atoms with Crippen LogP contribution in [0.4, 0.5) is 5.69 Å². The number of benzene rings is 1. The van der Waals surface area contributed by atoms with E-state index < -0.39 is 18.4 Å². The van der Waals surface area contributed by atoms with E-state index in [1.165, 1.54) is 38.2 Å². The Labute approximate surface area is 140 Å². The molecule has 0 saturated carbocycles. The number of carboxylic acids is 1. The van der Waals surface area contributed by atoms with Crippen LogP contribution in [0.3, 0.4) is 0 Å². The van der Waals surface area contributed by atoms with Gasteiger partial charge in [0.1, 0.15) is 6.54 Å². The fraction of sp³-hybridized carbons (Fsp3) is 0.438. The largest absolute Gasteiger partial charge is 0.493 e. The second-order valence-electron chi connectivity index (χ2n) is 5.36. The Hall–Kier alpha value is -2.77. The third-order valence-corrected chi connectivity index (χ3v) is 3.23.